The highest BCUT2D eigenvalue weighted by Crippen LogP contribution is 2.53. The maximum atomic E-state index is 13.7. The first-order valence-corrected chi connectivity index (χ1v) is 15.0. The molecule has 1 heterocycles. The molecule has 0 spiro atoms. The van der Waals surface area contributed by atoms with E-state index in [1.807, 2.05) is 6.07 Å². The number of halogens is 5. The average molecular weight is 596 g/mol. The Balaban J connectivity index is 1.94. The summed E-state index contributed by atoms with van der Waals surface area (Å²) in [5, 5.41) is 3.59. The number of alkyl halides is 3. The summed E-state index contributed by atoms with van der Waals surface area (Å²) in [7, 11) is -1.45. The minimum atomic E-state index is -4.47. The van der Waals surface area contributed by atoms with E-state index in [9.17, 15) is 18.0 Å². The summed E-state index contributed by atoms with van der Waals surface area (Å²) in [6.45, 7) is 5.30. The van der Waals surface area contributed by atoms with Crippen LogP contribution >= 0.6 is 33.5 Å². The zero-order valence-electron chi connectivity index (χ0n) is 21.9. The van der Waals surface area contributed by atoms with Crippen LogP contribution in [-0.2, 0) is 15.4 Å². The summed E-state index contributed by atoms with van der Waals surface area (Å²) < 4.78 is 43.7. The van der Waals surface area contributed by atoms with E-state index in [1.54, 1.807) is 12.1 Å². The molecule has 1 aliphatic rings. The van der Waals surface area contributed by atoms with Crippen LogP contribution in [0, 0.1) is 0 Å². The lowest BCUT2D eigenvalue weighted by atomic mass is 9.89. The van der Waals surface area contributed by atoms with Crippen molar-refractivity contribution in [3.05, 3.63) is 51.5 Å². The van der Waals surface area contributed by atoms with Crippen LogP contribution in [0.15, 0.2) is 29.7 Å². The molecule has 7 nitrogen and oxygen atoms in total. The third kappa shape index (κ3) is 7.52. The largest absolute Gasteiger partial charge is 0.425 e. The van der Waals surface area contributed by atoms with Crippen LogP contribution in [0.25, 0.3) is 0 Å². The number of fused-ring (bicyclic) bond motifs is 1. The Morgan fingerprint density at radius 2 is 1.79 bits per heavy atom. The molecule has 210 valence electrons. The fourth-order valence-corrected chi connectivity index (χ4v) is 4.93. The van der Waals surface area contributed by atoms with Gasteiger partial charge in [0.05, 0.1) is 18.9 Å². The van der Waals surface area contributed by atoms with Crippen LogP contribution < -0.4 is 4.90 Å². The van der Waals surface area contributed by atoms with Crippen LogP contribution in [0.4, 0.5) is 18.9 Å². The fraction of sp³-hybridized carbons (Fsp3) is 0.520. The lowest BCUT2D eigenvalue weighted by Gasteiger charge is -2.44. The molecular weight excluding hydrogens is 564 g/mol. The maximum absolute atomic E-state index is 13.7. The molecule has 0 bridgehead atoms. The van der Waals surface area contributed by atoms with Crippen LogP contribution in [0.1, 0.15) is 55.1 Å². The third-order valence-electron chi connectivity index (χ3n) is 6.36. The molecule has 0 N–H and O–H groups in total. The van der Waals surface area contributed by atoms with Crippen LogP contribution in [-0.4, -0.2) is 64.8 Å². The van der Waals surface area contributed by atoms with Gasteiger partial charge in [-0.05, 0) is 49.5 Å². The molecule has 0 aliphatic heterocycles. The Labute approximate surface area is 232 Å². The predicted molar refractivity (Wildman–Crippen MR) is 147 cm³/mol. The number of benzene rings is 1. The van der Waals surface area contributed by atoms with Gasteiger partial charge in [0.2, 0.25) is 6.61 Å². The van der Waals surface area contributed by atoms with Crippen molar-refractivity contribution in [1.29, 1.82) is 0 Å². The number of amides is 1. The van der Waals surface area contributed by atoms with Gasteiger partial charge in [-0.1, -0.05) is 55.2 Å². The van der Waals surface area contributed by atoms with Crippen molar-refractivity contribution in [3.8, 4) is 0 Å². The molecule has 38 heavy (non-hydrogen) atoms. The zero-order chi connectivity index (χ0) is 28.3. The molecular formula is C25H31Cl2F3N4O3S. The molecule has 2 aromatic rings. The summed E-state index contributed by atoms with van der Waals surface area (Å²) >= 11 is 12.4. The number of carbonyl (C=O) groups excluding carboxylic acids is 1. The van der Waals surface area contributed by atoms with E-state index < -0.39 is 29.0 Å². The lowest BCUT2D eigenvalue weighted by Crippen LogP contribution is -2.36. The van der Waals surface area contributed by atoms with Gasteiger partial charge in [-0.2, -0.15) is 13.2 Å². The summed E-state index contributed by atoms with van der Waals surface area (Å²) in [5.74, 6) is -0.495. The number of rotatable bonds is 8. The molecule has 0 saturated carbocycles. The number of hydrogen-bond donors (Lipinski definition) is 0. The van der Waals surface area contributed by atoms with Crippen molar-refractivity contribution < 1.29 is 27.0 Å². The molecule has 0 saturated heterocycles. The first kappa shape index (κ1) is 30.5. The zero-order valence-corrected chi connectivity index (χ0v) is 24.2. The highest BCUT2D eigenvalue weighted by molar-refractivity contribution is 8.29. The van der Waals surface area contributed by atoms with Crippen LogP contribution in [0.2, 0.25) is 10.3 Å². The molecule has 1 aromatic carbocycles. The van der Waals surface area contributed by atoms with Crippen molar-refractivity contribution in [1.82, 2.24) is 9.97 Å². The molecule has 3 rings (SSSR count). The topological polar surface area (TPSA) is 76.9 Å². The molecule has 1 amide bonds. The first-order valence-electron chi connectivity index (χ1n) is 11.8. The van der Waals surface area contributed by atoms with E-state index in [4.69, 9.17) is 27.4 Å². The van der Waals surface area contributed by atoms with E-state index in [1.165, 1.54) is 11.2 Å². The minimum Gasteiger partial charge on any atom is -0.386 e. The molecule has 0 fully saturated rings. The Bertz CT molecular complexity index is 1180. The lowest BCUT2D eigenvalue weighted by molar-refractivity contribution is -0.173. The van der Waals surface area contributed by atoms with Gasteiger partial charge in [0.1, 0.15) is 22.2 Å². The van der Waals surface area contributed by atoms with Gasteiger partial charge in [0.15, 0.2) is 0 Å². The number of oxime groups is 1. The van der Waals surface area contributed by atoms with E-state index in [2.05, 4.69) is 53.2 Å². The van der Waals surface area contributed by atoms with Crippen molar-refractivity contribution in [3.63, 3.8) is 0 Å². The predicted octanol–water partition coefficient (Wildman–Crippen LogP) is 6.84. The molecule has 1 aliphatic carbocycles. The van der Waals surface area contributed by atoms with Gasteiger partial charge < -0.3 is 13.9 Å². The van der Waals surface area contributed by atoms with Crippen molar-refractivity contribution in [2.75, 3.05) is 37.2 Å². The Morgan fingerprint density at radius 3 is 2.39 bits per heavy atom. The first-order chi connectivity index (χ1) is 17.6. The summed E-state index contributed by atoms with van der Waals surface area (Å²) in [4.78, 5) is 27.5. The Kier molecular flexibility index (Phi) is 9.60. The third-order valence-corrected chi connectivity index (χ3v) is 10.6. The highest BCUT2D eigenvalue weighted by atomic mass is 35.5. The van der Waals surface area contributed by atoms with E-state index in [0.29, 0.717) is 36.2 Å². The average Bonchev–Trinajstić information content (AvgIpc) is 2.80. The molecule has 1 aromatic heterocycles. The Morgan fingerprint density at radius 1 is 1.13 bits per heavy atom. The number of nitrogens with zero attached hydrogens (tertiary/aromatic N) is 4. The summed E-state index contributed by atoms with van der Waals surface area (Å²) in [6.07, 6.45) is 2.66. The summed E-state index contributed by atoms with van der Waals surface area (Å²) in [5.41, 5.74) is 2.47. The number of hydrogen-bond acceptors (Lipinski definition) is 6. The van der Waals surface area contributed by atoms with Crippen LogP contribution in [0.5, 0.6) is 0 Å². The fourth-order valence-electron chi connectivity index (χ4n) is 3.61. The smallest absolute Gasteiger partial charge is 0.386 e. The number of aromatic nitrogens is 2. The minimum absolute atomic E-state index is 0.0289. The maximum Gasteiger partial charge on any atom is 0.425 e. The van der Waals surface area contributed by atoms with Crippen molar-refractivity contribution in [2.24, 2.45) is 5.16 Å². The van der Waals surface area contributed by atoms with Gasteiger partial charge in [-0.25, -0.2) is 9.97 Å². The van der Waals surface area contributed by atoms with Gasteiger partial charge in [-0.15, -0.1) is 10.3 Å². The number of aryl methyl sites for hydroxylation is 1. The molecule has 0 atom stereocenters. The van der Waals surface area contributed by atoms with Gasteiger partial charge in [-0.3, -0.25) is 4.79 Å². The second kappa shape index (κ2) is 12.0. The van der Waals surface area contributed by atoms with Crippen molar-refractivity contribution in [2.45, 2.75) is 51.0 Å². The molecule has 13 heteroatoms. The normalized spacial score (nSPS) is 15.8. The Hall–Kier alpha value is -2.08. The SMILES string of the molecule is CC(C)(C)S(C)(C)OCCN(C(=O)c1c(Cl)ncnc1Cl)c1ccc2c(c1)CCC/C2=N/OCC(F)(F)F. The number of carbonyl (C=O) groups is 1. The second-order valence-corrected chi connectivity index (χ2v) is 14.7. The summed E-state index contributed by atoms with van der Waals surface area (Å²) in [6, 6.07) is 5.25. The van der Waals surface area contributed by atoms with Crippen molar-refractivity contribution >= 4 is 50.8 Å². The van der Waals surface area contributed by atoms with E-state index in [0.717, 1.165) is 5.56 Å². The standard InChI is InChI=1S/C25H31Cl2F3N4O3S/c1-24(2,3)38(4,5)37-12-11-34(23(35)20-21(26)31-15-32-22(20)27)17-9-10-18-16(13-17)7-6-8-19(18)33-36-14-25(28,29)30/h9-10,13,15H,6-8,11-12,14H2,1-5H3/b33-19-. The van der Waals surface area contributed by atoms with Gasteiger partial charge >= 0.3 is 6.18 Å². The molecule has 0 unspecified atom stereocenters. The van der Waals surface area contributed by atoms with E-state index >= 15 is 0 Å². The van der Waals surface area contributed by atoms with Crippen LogP contribution in [0.3, 0.4) is 0 Å². The van der Waals surface area contributed by atoms with Gasteiger partial charge in [0, 0.05) is 16.0 Å². The highest BCUT2D eigenvalue weighted by Gasteiger charge is 2.31. The van der Waals surface area contributed by atoms with E-state index in [-0.39, 0.29) is 33.8 Å². The van der Waals surface area contributed by atoms with Gasteiger partial charge in [0.25, 0.3) is 5.91 Å². The second-order valence-electron chi connectivity index (χ2n) is 10.1. The molecule has 0 radical (unpaired) electrons. The quantitative estimate of drug-likeness (QED) is 0.247. The number of anilines is 1. The monoisotopic (exact) mass is 594 g/mol.